The highest BCUT2D eigenvalue weighted by Crippen LogP contribution is 2.08. The molecule has 0 aliphatic heterocycles. The van der Waals surface area contributed by atoms with E-state index in [1.54, 1.807) is 13.3 Å². The summed E-state index contributed by atoms with van der Waals surface area (Å²) in [5, 5.41) is 4.03. The van der Waals surface area contributed by atoms with Crippen LogP contribution in [0.2, 0.25) is 5.15 Å². The molecule has 4 nitrogen and oxygen atoms in total. The molecule has 0 saturated heterocycles. The molecule has 0 radical (unpaired) electrons. The van der Waals surface area contributed by atoms with Gasteiger partial charge in [-0.2, -0.15) is 0 Å². The first kappa shape index (κ1) is 12.5. The summed E-state index contributed by atoms with van der Waals surface area (Å²) in [6.45, 7) is 3.63. The van der Waals surface area contributed by atoms with Gasteiger partial charge in [-0.25, -0.2) is 4.98 Å². The van der Waals surface area contributed by atoms with Crippen LogP contribution in [0.15, 0.2) is 6.20 Å². The third kappa shape index (κ3) is 3.81. The number of halogens is 1. The van der Waals surface area contributed by atoms with Crippen LogP contribution in [0, 0.1) is 0 Å². The van der Waals surface area contributed by atoms with E-state index in [9.17, 15) is 0 Å². The molecule has 0 fully saturated rings. The Labute approximate surface area is 95.6 Å². The number of hydrogen-bond donors (Lipinski definition) is 1. The zero-order valence-electron chi connectivity index (χ0n) is 9.46. The zero-order valence-corrected chi connectivity index (χ0v) is 10.2. The zero-order chi connectivity index (χ0) is 11.3. The predicted octanol–water partition coefficient (Wildman–Crippen LogP) is 1.59. The lowest BCUT2D eigenvalue weighted by Crippen LogP contribution is -2.27. The van der Waals surface area contributed by atoms with E-state index in [0.29, 0.717) is 11.2 Å². The first-order valence-electron chi connectivity index (χ1n) is 5.03. The highest BCUT2D eigenvalue weighted by Gasteiger charge is 2.06. The van der Waals surface area contributed by atoms with Gasteiger partial charge in [0.05, 0.1) is 12.7 Å². The van der Waals surface area contributed by atoms with Crippen molar-refractivity contribution >= 4 is 11.6 Å². The van der Waals surface area contributed by atoms with Gasteiger partial charge in [0.2, 0.25) is 0 Å². The van der Waals surface area contributed by atoms with Crippen LogP contribution in [-0.4, -0.2) is 29.3 Å². The quantitative estimate of drug-likeness (QED) is 0.808. The molecule has 0 aliphatic carbocycles. The molecule has 0 spiro atoms. The van der Waals surface area contributed by atoms with Crippen molar-refractivity contribution in [1.82, 2.24) is 14.9 Å². The van der Waals surface area contributed by atoms with Gasteiger partial charge in [-0.3, -0.25) is 0 Å². The Morgan fingerprint density at radius 1 is 1.67 bits per heavy atom. The van der Waals surface area contributed by atoms with Crippen LogP contribution in [0.1, 0.15) is 19.2 Å². The molecule has 0 amide bonds. The molecule has 0 aromatic carbocycles. The van der Waals surface area contributed by atoms with Crippen molar-refractivity contribution in [2.24, 2.45) is 7.05 Å². The van der Waals surface area contributed by atoms with Crippen LogP contribution < -0.4 is 5.32 Å². The van der Waals surface area contributed by atoms with Crippen molar-refractivity contribution in [3.05, 3.63) is 17.2 Å². The molecule has 15 heavy (non-hydrogen) atoms. The van der Waals surface area contributed by atoms with Gasteiger partial charge in [-0.05, 0) is 13.3 Å². The number of methoxy groups -OCH3 is 1. The summed E-state index contributed by atoms with van der Waals surface area (Å²) in [7, 11) is 3.62. The molecule has 0 bridgehead atoms. The molecule has 1 rings (SSSR count). The van der Waals surface area contributed by atoms with E-state index >= 15 is 0 Å². The smallest absolute Gasteiger partial charge is 0.128 e. The summed E-state index contributed by atoms with van der Waals surface area (Å²) in [6, 6.07) is 0.417. The Morgan fingerprint density at radius 2 is 2.40 bits per heavy atom. The molecule has 1 heterocycles. The molecule has 86 valence electrons. The van der Waals surface area contributed by atoms with Crippen molar-refractivity contribution < 1.29 is 4.74 Å². The molecule has 0 aliphatic rings. The molecule has 1 unspecified atom stereocenters. The Kier molecular flexibility index (Phi) is 5.08. The number of nitrogens with one attached hydrogen (secondary N) is 1. The number of nitrogens with zero attached hydrogens (tertiary/aromatic N) is 2. The van der Waals surface area contributed by atoms with Gasteiger partial charge in [0, 0.05) is 26.8 Å². The highest BCUT2D eigenvalue weighted by atomic mass is 35.5. The molecule has 1 aromatic heterocycles. The van der Waals surface area contributed by atoms with Crippen LogP contribution in [-0.2, 0) is 18.3 Å². The second-order valence-electron chi connectivity index (χ2n) is 3.62. The maximum absolute atomic E-state index is 5.88. The minimum atomic E-state index is 0.417. The molecule has 0 saturated carbocycles. The van der Waals surface area contributed by atoms with Crippen molar-refractivity contribution in [3.8, 4) is 0 Å². The Balaban J connectivity index is 2.33. The summed E-state index contributed by atoms with van der Waals surface area (Å²) in [4.78, 5) is 4.20. The number of imidazole rings is 1. The fraction of sp³-hybridized carbons (Fsp3) is 0.700. The standard InChI is InChI=1S/C10H18ClN3O/c1-8(4-5-15-3)12-7-10-13-6-9(11)14(10)2/h6,8,12H,4-5,7H2,1-3H3. The van der Waals surface area contributed by atoms with E-state index < -0.39 is 0 Å². The number of ether oxygens (including phenoxy) is 1. The minimum absolute atomic E-state index is 0.417. The SMILES string of the molecule is COCCC(C)NCc1ncc(Cl)n1C. The largest absolute Gasteiger partial charge is 0.385 e. The predicted molar refractivity (Wildman–Crippen MR) is 61.0 cm³/mol. The number of aromatic nitrogens is 2. The molecular formula is C10H18ClN3O. The van der Waals surface area contributed by atoms with E-state index in [1.807, 2.05) is 11.6 Å². The van der Waals surface area contributed by atoms with Crippen LogP contribution >= 0.6 is 11.6 Å². The van der Waals surface area contributed by atoms with Crippen LogP contribution in [0.3, 0.4) is 0 Å². The summed E-state index contributed by atoms with van der Waals surface area (Å²) < 4.78 is 6.88. The number of rotatable bonds is 6. The summed E-state index contributed by atoms with van der Waals surface area (Å²) in [5.74, 6) is 0.948. The summed E-state index contributed by atoms with van der Waals surface area (Å²) >= 11 is 5.88. The van der Waals surface area contributed by atoms with Crippen molar-refractivity contribution in [1.29, 1.82) is 0 Å². The van der Waals surface area contributed by atoms with E-state index in [0.717, 1.165) is 25.4 Å². The van der Waals surface area contributed by atoms with E-state index in [2.05, 4.69) is 17.2 Å². The van der Waals surface area contributed by atoms with Crippen molar-refractivity contribution in [2.45, 2.75) is 25.9 Å². The van der Waals surface area contributed by atoms with Gasteiger partial charge >= 0.3 is 0 Å². The highest BCUT2D eigenvalue weighted by molar-refractivity contribution is 6.29. The van der Waals surface area contributed by atoms with Crippen molar-refractivity contribution in [2.75, 3.05) is 13.7 Å². The lowest BCUT2D eigenvalue weighted by atomic mass is 10.2. The topological polar surface area (TPSA) is 39.1 Å². The third-order valence-electron chi connectivity index (χ3n) is 2.39. The van der Waals surface area contributed by atoms with E-state index in [4.69, 9.17) is 16.3 Å². The van der Waals surface area contributed by atoms with Crippen molar-refractivity contribution in [3.63, 3.8) is 0 Å². The summed E-state index contributed by atoms with van der Waals surface area (Å²) in [6.07, 6.45) is 2.66. The van der Waals surface area contributed by atoms with Gasteiger partial charge in [-0.15, -0.1) is 0 Å². The molecule has 5 heteroatoms. The average molecular weight is 232 g/mol. The number of hydrogen-bond acceptors (Lipinski definition) is 3. The van der Waals surface area contributed by atoms with Crippen LogP contribution in [0.5, 0.6) is 0 Å². The van der Waals surface area contributed by atoms with Gasteiger partial charge in [0.1, 0.15) is 11.0 Å². The normalized spacial score (nSPS) is 13.1. The van der Waals surface area contributed by atoms with Gasteiger partial charge < -0.3 is 14.6 Å². The second kappa shape index (κ2) is 6.10. The van der Waals surface area contributed by atoms with Gasteiger partial charge in [0.15, 0.2) is 0 Å². The first-order valence-corrected chi connectivity index (χ1v) is 5.41. The Hall–Kier alpha value is -0.580. The lowest BCUT2D eigenvalue weighted by Gasteiger charge is -2.12. The maximum atomic E-state index is 5.88. The fourth-order valence-corrected chi connectivity index (χ4v) is 1.40. The Morgan fingerprint density at radius 3 is 2.93 bits per heavy atom. The lowest BCUT2D eigenvalue weighted by molar-refractivity contribution is 0.184. The third-order valence-corrected chi connectivity index (χ3v) is 2.74. The maximum Gasteiger partial charge on any atom is 0.128 e. The minimum Gasteiger partial charge on any atom is -0.385 e. The van der Waals surface area contributed by atoms with E-state index in [1.165, 1.54) is 0 Å². The second-order valence-corrected chi connectivity index (χ2v) is 4.01. The molecular weight excluding hydrogens is 214 g/mol. The van der Waals surface area contributed by atoms with Gasteiger partial charge in [-0.1, -0.05) is 11.6 Å². The summed E-state index contributed by atoms with van der Waals surface area (Å²) in [5.41, 5.74) is 0. The average Bonchev–Trinajstić information content (AvgIpc) is 2.54. The molecule has 1 N–H and O–H groups in total. The van der Waals surface area contributed by atoms with Crippen LogP contribution in [0.4, 0.5) is 0 Å². The first-order chi connectivity index (χ1) is 7.15. The van der Waals surface area contributed by atoms with Crippen LogP contribution in [0.25, 0.3) is 0 Å². The fourth-order valence-electron chi connectivity index (χ4n) is 1.25. The monoisotopic (exact) mass is 231 g/mol. The van der Waals surface area contributed by atoms with Gasteiger partial charge in [0.25, 0.3) is 0 Å². The molecule has 1 atom stereocenters. The Bertz CT molecular complexity index is 301. The van der Waals surface area contributed by atoms with E-state index in [-0.39, 0.29) is 0 Å². The molecule has 1 aromatic rings.